The van der Waals surface area contributed by atoms with E-state index in [9.17, 15) is 13.2 Å². The van der Waals surface area contributed by atoms with Crippen LogP contribution in [0.2, 0.25) is 0 Å². The summed E-state index contributed by atoms with van der Waals surface area (Å²) in [5.41, 5.74) is 0.370. The second-order valence-electron chi connectivity index (χ2n) is 6.46. The van der Waals surface area contributed by atoms with E-state index in [4.69, 9.17) is 9.26 Å². The first kappa shape index (κ1) is 19.4. The molecule has 2 heterocycles. The van der Waals surface area contributed by atoms with Crippen LogP contribution in [0.4, 0.5) is 5.69 Å². The number of aryl methyl sites for hydroxylation is 1. The Bertz CT molecular complexity index is 915. The first-order valence-corrected chi connectivity index (χ1v) is 10.3. The van der Waals surface area contributed by atoms with Crippen LogP contribution in [-0.4, -0.2) is 44.0 Å². The Labute approximate surface area is 158 Å². The highest BCUT2D eigenvalue weighted by Gasteiger charge is 2.26. The van der Waals surface area contributed by atoms with E-state index in [1.807, 2.05) is 0 Å². The summed E-state index contributed by atoms with van der Waals surface area (Å²) in [6.07, 6.45) is 3.77. The summed E-state index contributed by atoms with van der Waals surface area (Å²) in [6.45, 7) is 2.70. The lowest BCUT2D eigenvalue weighted by Crippen LogP contribution is -2.32. The molecule has 0 bridgehead atoms. The van der Waals surface area contributed by atoms with Gasteiger partial charge in [0, 0.05) is 19.2 Å². The highest BCUT2D eigenvalue weighted by Crippen LogP contribution is 2.30. The number of aromatic nitrogens is 1. The highest BCUT2D eigenvalue weighted by molar-refractivity contribution is 7.89. The van der Waals surface area contributed by atoms with Gasteiger partial charge in [0.15, 0.2) is 5.69 Å². The van der Waals surface area contributed by atoms with E-state index in [1.54, 1.807) is 6.92 Å². The summed E-state index contributed by atoms with van der Waals surface area (Å²) < 4.78 is 37.7. The molecule has 1 saturated heterocycles. The van der Waals surface area contributed by atoms with Gasteiger partial charge in [0.2, 0.25) is 10.0 Å². The fourth-order valence-electron chi connectivity index (χ4n) is 3.04. The van der Waals surface area contributed by atoms with Gasteiger partial charge in [-0.2, -0.15) is 4.31 Å². The van der Waals surface area contributed by atoms with Gasteiger partial charge in [-0.3, -0.25) is 4.79 Å². The third kappa shape index (κ3) is 4.30. The van der Waals surface area contributed by atoms with E-state index in [0.29, 0.717) is 24.6 Å². The molecular weight excluding hydrogens is 370 g/mol. The van der Waals surface area contributed by atoms with Crippen molar-refractivity contribution < 1.29 is 22.5 Å². The van der Waals surface area contributed by atoms with Gasteiger partial charge in [-0.05, 0) is 38.0 Å². The Kier molecular flexibility index (Phi) is 5.81. The van der Waals surface area contributed by atoms with Crippen LogP contribution in [0.5, 0.6) is 5.75 Å². The van der Waals surface area contributed by atoms with E-state index in [0.717, 1.165) is 25.7 Å². The molecule has 1 aliphatic rings. The van der Waals surface area contributed by atoms with Gasteiger partial charge in [0.25, 0.3) is 5.91 Å². The molecule has 1 aliphatic heterocycles. The minimum atomic E-state index is -3.64. The molecule has 0 spiro atoms. The summed E-state index contributed by atoms with van der Waals surface area (Å²) in [7, 11) is -2.18. The number of carbonyl (C=O) groups excluding carboxylic acids is 1. The van der Waals surface area contributed by atoms with Crippen LogP contribution < -0.4 is 10.1 Å². The van der Waals surface area contributed by atoms with Crippen LogP contribution in [0.3, 0.4) is 0 Å². The third-order valence-corrected chi connectivity index (χ3v) is 6.38. The van der Waals surface area contributed by atoms with Gasteiger partial charge in [-0.25, -0.2) is 8.42 Å². The minimum Gasteiger partial charge on any atom is -0.495 e. The summed E-state index contributed by atoms with van der Waals surface area (Å²) in [6, 6.07) is 5.95. The van der Waals surface area contributed by atoms with Crippen molar-refractivity contribution in [1.82, 2.24) is 9.46 Å². The van der Waals surface area contributed by atoms with Crippen molar-refractivity contribution >= 4 is 21.6 Å². The number of hydrogen-bond donors (Lipinski definition) is 1. The quantitative estimate of drug-likeness (QED) is 0.838. The minimum absolute atomic E-state index is 0.107. The Morgan fingerprint density at radius 3 is 2.48 bits per heavy atom. The maximum Gasteiger partial charge on any atom is 0.277 e. The molecule has 8 nitrogen and oxygen atoms in total. The third-order valence-electron chi connectivity index (χ3n) is 4.48. The molecule has 9 heteroatoms. The van der Waals surface area contributed by atoms with Crippen molar-refractivity contribution in [3.63, 3.8) is 0 Å². The fourth-order valence-corrected chi connectivity index (χ4v) is 4.58. The van der Waals surface area contributed by atoms with Crippen molar-refractivity contribution in [3.8, 4) is 5.75 Å². The Balaban J connectivity index is 1.89. The molecule has 3 rings (SSSR count). The van der Waals surface area contributed by atoms with Crippen LogP contribution in [0.25, 0.3) is 0 Å². The van der Waals surface area contributed by atoms with Crippen molar-refractivity contribution in [2.75, 3.05) is 25.5 Å². The van der Waals surface area contributed by atoms with E-state index in [2.05, 4.69) is 10.5 Å². The molecule has 1 aromatic heterocycles. The maximum atomic E-state index is 13.0. The molecule has 1 fully saturated rings. The number of anilines is 1. The molecule has 27 heavy (non-hydrogen) atoms. The van der Waals surface area contributed by atoms with Crippen molar-refractivity contribution in [1.29, 1.82) is 0 Å². The van der Waals surface area contributed by atoms with E-state index in [-0.39, 0.29) is 16.3 Å². The van der Waals surface area contributed by atoms with Crippen LogP contribution >= 0.6 is 0 Å². The number of ether oxygens (including phenoxy) is 1. The van der Waals surface area contributed by atoms with Crippen LogP contribution in [-0.2, 0) is 10.0 Å². The lowest BCUT2D eigenvalue weighted by Gasteiger charge is -2.21. The van der Waals surface area contributed by atoms with Crippen molar-refractivity contribution in [2.45, 2.75) is 37.5 Å². The topological polar surface area (TPSA) is 102 Å². The molecule has 1 aromatic carbocycles. The van der Waals surface area contributed by atoms with Crippen molar-refractivity contribution in [3.05, 3.63) is 35.7 Å². The first-order valence-electron chi connectivity index (χ1n) is 8.84. The second kappa shape index (κ2) is 8.10. The monoisotopic (exact) mass is 393 g/mol. The second-order valence-corrected chi connectivity index (χ2v) is 8.40. The summed E-state index contributed by atoms with van der Waals surface area (Å²) >= 11 is 0. The largest absolute Gasteiger partial charge is 0.495 e. The number of nitrogens with one attached hydrogen (secondary N) is 1. The maximum absolute atomic E-state index is 13.0. The number of amides is 1. The van der Waals surface area contributed by atoms with Crippen molar-refractivity contribution in [2.24, 2.45) is 0 Å². The molecular formula is C18H23N3O5S. The summed E-state index contributed by atoms with van der Waals surface area (Å²) in [4.78, 5) is 12.5. The average molecular weight is 393 g/mol. The average Bonchev–Trinajstić information content (AvgIpc) is 2.91. The Hall–Kier alpha value is -2.39. The normalized spacial score (nSPS) is 15.9. The number of rotatable bonds is 5. The number of sulfonamides is 1. The van der Waals surface area contributed by atoms with Gasteiger partial charge < -0.3 is 14.6 Å². The predicted molar refractivity (Wildman–Crippen MR) is 99.4 cm³/mol. The summed E-state index contributed by atoms with van der Waals surface area (Å²) in [5.74, 6) is 0.359. The molecule has 1 amide bonds. The molecule has 0 unspecified atom stereocenters. The fraction of sp³-hybridized carbons (Fsp3) is 0.444. The Morgan fingerprint density at radius 2 is 1.89 bits per heavy atom. The van der Waals surface area contributed by atoms with Gasteiger partial charge >= 0.3 is 0 Å². The summed E-state index contributed by atoms with van der Waals surface area (Å²) in [5, 5.41) is 6.32. The van der Waals surface area contributed by atoms with E-state index < -0.39 is 15.9 Å². The number of nitrogens with zero attached hydrogens (tertiary/aromatic N) is 2. The molecule has 0 radical (unpaired) electrons. The standard InChI is InChI=1S/C18H23N3O5S/c1-13-11-16(20-26-13)18(22)19-15-12-14(7-8-17(15)25-2)27(23,24)21-9-5-3-4-6-10-21/h7-8,11-12H,3-6,9-10H2,1-2H3,(H,19,22). The Morgan fingerprint density at radius 1 is 1.19 bits per heavy atom. The highest BCUT2D eigenvalue weighted by atomic mass is 32.2. The van der Waals surface area contributed by atoms with E-state index >= 15 is 0 Å². The lowest BCUT2D eigenvalue weighted by molar-refractivity contribution is 0.101. The first-order chi connectivity index (χ1) is 12.9. The van der Waals surface area contributed by atoms with E-state index in [1.165, 1.54) is 35.7 Å². The van der Waals surface area contributed by atoms with Gasteiger partial charge in [0.05, 0.1) is 17.7 Å². The zero-order chi connectivity index (χ0) is 19.4. The number of hydrogen-bond acceptors (Lipinski definition) is 6. The SMILES string of the molecule is COc1ccc(S(=O)(=O)N2CCCCCC2)cc1NC(=O)c1cc(C)on1. The predicted octanol–water partition coefficient (Wildman–Crippen LogP) is 2.81. The van der Waals surface area contributed by atoms with Crippen LogP contribution in [0, 0.1) is 6.92 Å². The van der Waals surface area contributed by atoms with Crippen LogP contribution in [0.1, 0.15) is 41.9 Å². The molecule has 0 saturated carbocycles. The molecule has 1 N–H and O–H groups in total. The van der Waals surface area contributed by atoms with Gasteiger partial charge in [-0.15, -0.1) is 0 Å². The number of methoxy groups -OCH3 is 1. The number of carbonyl (C=O) groups is 1. The van der Waals surface area contributed by atoms with Gasteiger partial charge in [0.1, 0.15) is 11.5 Å². The lowest BCUT2D eigenvalue weighted by atomic mass is 10.2. The zero-order valence-corrected chi connectivity index (χ0v) is 16.2. The molecule has 0 atom stereocenters. The molecule has 0 aliphatic carbocycles. The zero-order valence-electron chi connectivity index (χ0n) is 15.4. The number of benzene rings is 1. The molecule has 2 aromatic rings. The molecule has 146 valence electrons. The van der Waals surface area contributed by atoms with Crippen LogP contribution in [0.15, 0.2) is 33.7 Å². The smallest absolute Gasteiger partial charge is 0.277 e. The van der Waals surface area contributed by atoms with Gasteiger partial charge in [-0.1, -0.05) is 18.0 Å².